The molecular formula is C10H8ClF4NO2. The summed E-state index contributed by atoms with van der Waals surface area (Å²) in [4.78, 5) is 10.9. The lowest BCUT2D eigenvalue weighted by molar-refractivity contribution is -0.104. The van der Waals surface area contributed by atoms with Gasteiger partial charge in [-0.25, -0.2) is 22.4 Å². The molecule has 1 aromatic carbocycles. The molecule has 1 heterocycles. The van der Waals surface area contributed by atoms with Gasteiger partial charge in [0.2, 0.25) is 0 Å². The van der Waals surface area contributed by atoms with E-state index in [1.165, 1.54) is 0 Å². The van der Waals surface area contributed by atoms with E-state index < -0.39 is 36.3 Å². The number of ether oxygens (including phenoxy) is 1. The van der Waals surface area contributed by atoms with Crippen molar-refractivity contribution in [2.75, 3.05) is 6.61 Å². The first-order valence-electron chi connectivity index (χ1n) is 4.65. The minimum atomic E-state index is -3.42. The summed E-state index contributed by atoms with van der Waals surface area (Å²) in [5.41, 5.74) is -0.343. The Hall–Kier alpha value is -1.50. The number of hydrogen-bond donors (Lipinski definition) is 1. The maximum atomic E-state index is 13.4. The number of rotatable bonds is 1. The van der Waals surface area contributed by atoms with Crippen LogP contribution in [0.2, 0.25) is 0 Å². The highest BCUT2D eigenvalue weighted by Gasteiger charge is 2.47. The lowest BCUT2D eigenvalue weighted by Gasteiger charge is -2.31. The van der Waals surface area contributed by atoms with Crippen molar-refractivity contribution in [3.05, 3.63) is 35.4 Å². The van der Waals surface area contributed by atoms with Crippen molar-refractivity contribution in [3.8, 4) is 0 Å². The first kappa shape index (κ1) is 14.6. The van der Waals surface area contributed by atoms with Gasteiger partial charge in [0, 0.05) is 6.07 Å². The predicted octanol–water partition coefficient (Wildman–Crippen LogP) is 2.80. The molecule has 1 atom stereocenters. The van der Waals surface area contributed by atoms with E-state index in [4.69, 9.17) is 0 Å². The third-order valence-electron chi connectivity index (χ3n) is 2.30. The maximum absolute atomic E-state index is 13.4. The van der Waals surface area contributed by atoms with Crippen molar-refractivity contribution in [2.45, 2.75) is 12.0 Å². The van der Waals surface area contributed by atoms with Crippen molar-refractivity contribution < 1.29 is 27.1 Å². The Morgan fingerprint density at radius 1 is 1.22 bits per heavy atom. The van der Waals surface area contributed by atoms with Crippen molar-refractivity contribution in [1.29, 1.82) is 0 Å². The van der Waals surface area contributed by atoms with Crippen LogP contribution in [0.5, 0.6) is 0 Å². The Kier molecular flexibility index (Phi) is 4.05. The number of hydrogen-bond acceptors (Lipinski definition) is 2. The Labute approximate surface area is 106 Å². The summed E-state index contributed by atoms with van der Waals surface area (Å²) in [6, 6.07) is 0.248. The molecule has 1 amide bonds. The number of cyclic esters (lactones) is 1. The molecule has 100 valence electrons. The van der Waals surface area contributed by atoms with Gasteiger partial charge in [-0.05, 0) is 17.7 Å². The largest absolute Gasteiger partial charge is 0.443 e. The first-order valence-corrected chi connectivity index (χ1v) is 4.65. The summed E-state index contributed by atoms with van der Waals surface area (Å²) < 4.78 is 56.7. The van der Waals surface area contributed by atoms with Crippen LogP contribution in [0.1, 0.15) is 11.6 Å². The van der Waals surface area contributed by atoms with Crippen LogP contribution in [-0.2, 0) is 4.74 Å². The molecule has 0 unspecified atom stereocenters. The molecule has 0 aromatic heterocycles. The molecule has 0 saturated carbocycles. The van der Waals surface area contributed by atoms with Gasteiger partial charge in [0.1, 0.15) is 17.7 Å². The van der Waals surface area contributed by atoms with Gasteiger partial charge in [0.15, 0.2) is 6.61 Å². The van der Waals surface area contributed by atoms with Crippen molar-refractivity contribution >= 4 is 18.5 Å². The molecule has 1 aliphatic rings. The average molecular weight is 286 g/mol. The van der Waals surface area contributed by atoms with E-state index in [-0.39, 0.29) is 18.0 Å². The number of benzene rings is 1. The molecule has 1 aliphatic heterocycles. The molecule has 0 spiro atoms. The summed E-state index contributed by atoms with van der Waals surface area (Å²) in [5.74, 6) is -5.40. The fourth-order valence-corrected chi connectivity index (χ4v) is 1.58. The van der Waals surface area contributed by atoms with Crippen molar-refractivity contribution in [3.63, 3.8) is 0 Å². The van der Waals surface area contributed by atoms with E-state index in [9.17, 15) is 22.4 Å². The van der Waals surface area contributed by atoms with Crippen molar-refractivity contribution in [1.82, 2.24) is 5.32 Å². The number of nitrogens with one attached hydrogen (secondary N) is 1. The quantitative estimate of drug-likeness (QED) is 0.806. The molecule has 2 rings (SSSR count). The topological polar surface area (TPSA) is 38.3 Å². The lowest BCUT2D eigenvalue weighted by atomic mass is 10.00. The predicted molar refractivity (Wildman–Crippen MR) is 55.8 cm³/mol. The Bertz CT molecular complexity index is 449. The second-order valence-corrected chi connectivity index (χ2v) is 3.62. The van der Waals surface area contributed by atoms with Gasteiger partial charge in [0.05, 0.1) is 0 Å². The fourth-order valence-electron chi connectivity index (χ4n) is 1.58. The van der Waals surface area contributed by atoms with Gasteiger partial charge in [-0.3, -0.25) is 0 Å². The van der Waals surface area contributed by atoms with E-state index in [2.05, 4.69) is 4.74 Å². The highest BCUT2D eigenvalue weighted by Crippen LogP contribution is 2.34. The SMILES string of the molecule is Cl.O=C1N[C@H](c2cc(F)cc(F)c2)C(F)(F)CO1. The lowest BCUT2D eigenvalue weighted by Crippen LogP contribution is -2.49. The molecule has 0 bridgehead atoms. The van der Waals surface area contributed by atoms with Crippen LogP contribution in [0, 0.1) is 11.6 Å². The number of carbonyl (C=O) groups is 1. The van der Waals surface area contributed by atoms with Crippen LogP contribution in [0.25, 0.3) is 0 Å². The number of alkyl halides is 2. The van der Waals surface area contributed by atoms with Gasteiger partial charge in [0.25, 0.3) is 0 Å². The monoisotopic (exact) mass is 285 g/mol. The first-order chi connectivity index (χ1) is 7.88. The highest BCUT2D eigenvalue weighted by molar-refractivity contribution is 5.85. The molecule has 1 fully saturated rings. The summed E-state index contributed by atoms with van der Waals surface area (Å²) in [7, 11) is 0. The van der Waals surface area contributed by atoms with Crippen LogP contribution in [0.3, 0.4) is 0 Å². The van der Waals surface area contributed by atoms with Crippen molar-refractivity contribution in [2.24, 2.45) is 0 Å². The number of alkyl carbamates (subject to hydrolysis) is 1. The zero-order chi connectivity index (χ0) is 12.6. The molecule has 1 aromatic rings. The van der Waals surface area contributed by atoms with Crippen LogP contribution in [0.4, 0.5) is 22.4 Å². The maximum Gasteiger partial charge on any atom is 0.408 e. The second kappa shape index (κ2) is 5.01. The van der Waals surface area contributed by atoms with Crippen LogP contribution >= 0.6 is 12.4 Å². The van der Waals surface area contributed by atoms with E-state index in [0.717, 1.165) is 12.1 Å². The van der Waals surface area contributed by atoms with Crippen LogP contribution < -0.4 is 5.32 Å². The molecular weight excluding hydrogens is 278 g/mol. The molecule has 8 heteroatoms. The van der Waals surface area contributed by atoms with E-state index in [1.54, 1.807) is 0 Å². The van der Waals surface area contributed by atoms with E-state index in [1.807, 2.05) is 5.32 Å². The van der Waals surface area contributed by atoms with Gasteiger partial charge >= 0.3 is 12.0 Å². The molecule has 0 radical (unpaired) electrons. The highest BCUT2D eigenvalue weighted by atomic mass is 35.5. The summed E-state index contributed by atoms with van der Waals surface area (Å²) in [6.07, 6.45) is -1.05. The van der Waals surface area contributed by atoms with Gasteiger partial charge in [-0.15, -0.1) is 12.4 Å². The smallest absolute Gasteiger partial charge is 0.408 e. The number of amides is 1. The summed E-state index contributed by atoms with van der Waals surface area (Å²) in [6.45, 7) is -1.12. The Morgan fingerprint density at radius 2 is 1.78 bits per heavy atom. The molecule has 18 heavy (non-hydrogen) atoms. The standard InChI is InChI=1S/C10H7F4NO2.ClH/c11-6-1-5(2-7(12)3-6)8-10(13,14)4-17-9(16)15-8;/h1-3,8H,4H2,(H,15,16);1H/t8-;/m1./s1. The molecule has 1 saturated heterocycles. The summed E-state index contributed by atoms with van der Waals surface area (Å²) >= 11 is 0. The van der Waals surface area contributed by atoms with Gasteiger partial charge in [-0.2, -0.15) is 0 Å². The molecule has 1 N–H and O–H groups in total. The Morgan fingerprint density at radius 3 is 2.33 bits per heavy atom. The van der Waals surface area contributed by atoms with Gasteiger partial charge in [-0.1, -0.05) is 0 Å². The average Bonchev–Trinajstić information content (AvgIpc) is 2.20. The minimum Gasteiger partial charge on any atom is -0.443 e. The van der Waals surface area contributed by atoms with E-state index in [0.29, 0.717) is 6.07 Å². The number of halogens is 5. The molecule has 3 nitrogen and oxygen atoms in total. The summed E-state index contributed by atoms with van der Waals surface area (Å²) in [5, 5.41) is 1.83. The molecule has 0 aliphatic carbocycles. The van der Waals surface area contributed by atoms with E-state index >= 15 is 0 Å². The fraction of sp³-hybridized carbons (Fsp3) is 0.300. The normalized spacial score (nSPS) is 21.6. The zero-order valence-electron chi connectivity index (χ0n) is 8.75. The third kappa shape index (κ3) is 2.84. The second-order valence-electron chi connectivity index (χ2n) is 3.62. The Balaban J connectivity index is 0.00000162. The van der Waals surface area contributed by atoms with Gasteiger partial charge < -0.3 is 10.1 Å². The number of carbonyl (C=O) groups excluding carboxylic acids is 1. The third-order valence-corrected chi connectivity index (χ3v) is 2.30. The van der Waals surface area contributed by atoms with Crippen LogP contribution in [0.15, 0.2) is 18.2 Å². The minimum absolute atomic E-state index is 0. The van der Waals surface area contributed by atoms with Crippen LogP contribution in [-0.4, -0.2) is 18.6 Å². The zero-order valence-corrected chi connectivity index (χ0v) is 9.57.